The molecule has 4 aromatic rings. The lowest BCUT2D eigenvalue weighted by Crippen LogP contribution is -2.31. The fourth-order valence-electron chi connectivity index (χ4n) is 3.57. The van der Waals surface area contributed by atoms with Crippen LogP contribution >= 0.6 is 0 Å². The molecule has 0 aliphatic carbocycles. The number of benzene rings is 1. The number of hydrogen-bond acceptors (Lipinski definition) is 9. The molecule has 0 fully saturated rings. The van der Waals surface area contributed by atoms with Crippen molar-refractivity contribution in [1.29, 1.82) is 0 Å². The summed E-state index contributed by atoms with van der Waals surface area (Å²) >= 11 is 0. The van der Waals surface area contributed by atoms with Crippen LogP contribution in [0.2, 0.25) is 0 Å². The number of ether oxygens (including phenoxy) is 2. The number of anilines is 1. The third kappa shape index (κ3) is 4.71. The van der Waals surface area contributed by atoms with Crippen LogP contribution < -0.4 is 14.2 Å². The van der Waals surface area contributed by atoms with Gasteiger partial charge in [-0.2, -0.15) is 5.10 Å². The molecule has 1 aromatic carbocycles. The number of halogens is 1. The van der Waals surface area contributed by atoms with Gasteiger partial charge in [-0.1, -0.05) is 13.0 Å². The molecular weight excluding hydrogens is 491 g/mol. The van der Waals surface area contributed by atoms with E-state index in [1.165, 1.54) is 25.7 Å². The minimum absolute atomic E-state index is 0.0995. The fourth-order valence-corrected chi connectivity index (χ4v) is 4.80. The minimum atomic E-state index is -4.06. The molecule has 36 heavy (non-hydrogen) atoms. The fraction of sp³-hybridized carbons (Fsp3) is 0.318. The number of hydrogen-bond donors (Lipinski definition) is 1. The Morgan fingerprint density at radius 1 is 1.03 bits per heavy atom. The quantitative estimate of drug-likeness (QED) is 0.355. The number of nitrogens with zero attached hydrogens (tertiary/aromatic N) is 7. The third-order valence-electron chi connectivity index (χ3n) is 5.71. The van der Waals surface area contributed by atoms with Crippen LogP contribution in [0.4, 0.5) is 10.3 Å². The van der Waals surface area contributed by atoms with E-state index in [0.29, 0.717) is 22.9 Å². The van der Waals surface area contributed by atoms with E-state index < -0.39 is 27.0 Å². The van der Waals surface area contributed by atoms with Crippen LogP contribution in [-0.4, -0.2) is 62.4 Å². The first-order valence-electron chi connectivity index (χ1n) is 10.8. The van der Waals surface area contributed by atoms with Crippen molar-refractivity contribution in [2.24, 2.45) is 7.05 Å². The highest BCUT2D eigenvalue weighted by Crippen LogP contribution is 2.37. The zero-order chi connectivity index (χ0) is 26.0. The molecule has 0 unspecified atom stereocenters. The summed E-state index contributed by atoms with van der Waals surface area (Å²) in [6.07, 6.45) is 3.72. The summed E-state index contributed by atoms with van der Waals surface area (Å²) in [7, 11) is 0.661. The molecule has 0 radical (unpaired) electrons. The Morgan fingerprint density at radius 3 is 2.22 bits per heavy atom. The van der Waals surface area contributed by atoms with Crippen molar-refractivity contribution in [1.82, 2.24) is 34.5 Å². The van der Waals surface area contributed by atoms with Crippen molar-refractivity contribution in [3.05, 3.63) is 54.5 Å². The lowest BCUT2D eigenvalue weighted by molar-refractivity contribution is 0.391. The summed E-state index contributed by atoms with van der Waals surface area (Å²) < 4.78 is 56.8. The monoisotopic (exact) mass is 516 g/mol. The molecule has 2 atom stereocenters. The first-order chi connectivity index (χ1) is 17.2. The van der Waals surface area contributed by atoms with Gasteiger partial charge in [-0.3, -0.25) is 14.0 Å². The number of nitrogens with one attached hydrogen (secondary N) is 1. The molecule has 190 valence electrons. The molecule has 1 N–H and O–H groups in total. The van der Waals surface area contributed by atoms with Crippen LogP contribution in [0.3, 0.4) is 0 Å². The van der Waals surface area contributed by atoms with Gasteiger partial charge >= 0.3 is 0 Å². The number of methoxy groups -OCH3 is 2. The van der Waals surface area contributed by atoms with Gasteiger partial charge in [0.15, 0.2) is 11.6 Å². The molecule has 0 aliphatic heterocycles. The molecule has 12 nitrogen and oxygen atoms in total. The Balaban J connectivity index is 1.81. The molecule has 0 aliphatic rings. The molecule has 0 saturated heterocycles. The summed E-state index contributed by atoms with van der Waals surface area (Å²) in [4.78, 5) is 7.84. The van der Waals surface area contributed by atoms with Crippen molar-refractivity contribution in [2.45, 2.75) is 25.0 Å². The van der Waals surface area contributed by atoms with Gasteiger partial charge in [-0.25, -0.2) is 22.8 Å². The van der Waals surface area contributed by atoms with Gasteiger partial charge < -0.3 is 9.47 Å². The van der Waals surface area contributed by atoms with E-state index in [1.54, 1.807) is 49.1 Å². The molecule has 3 heterocycles. The Morgan fingerprint density at radius 2 is 1.67 bits per heavy atom. The molecule has 0 bridgehead atoms. The average Bonchev–Trinajstić information content (AvgIpc) is 3.48. The van der Waals surface area contributed by atoms with Crippen molar-refractivity contribution < 1.29 is 22.3 Å². The second kappa shape index (κ2) is 9.89. The maximum Gasteiger partial charge on any atom is 0.243 e. The minimum Gasteiger partial charge on any atom is -0.494 e. The van der Waals surface area contributed by atoms with Crippen molar-refractivity contribution >= 4 is 16.0 Å². The highest BCUT2D eigenvalue weighted by atomic mass is 32.2. The number of aromatic nitrogens is 7. The Bertz CT molecular complexity index is 1450. The van der Waals surface area contributed by atoms with Crippen LogP contribution in [0, 0.1) is 5.82 Å². The first-order valence-corrected chi connectivity index (χ1v) is 12.4. The lowest BCUT2D eigenvalue weighted by Gasteiger charge is -2.21. The van der Waals surface area contributed by atoms with Gasteiger partial charge in [0.2, 0.25) is 16.0 Å². The normalized spacial score (nSPS) is 13.3. The van der Waals surface area contributed by atoms with E-state index >= 15 is 0 Å². The van der Waals surface area contributed by atoms with Crippen LogP contribution in [0.25, 0.3) is 17.2 Å². The topological polar surface area (TPSA) is 139 Å². The second-order valence-corrected chi connectivity index (χ2v) is 10.0. The maximum atomic E-state index is 13.4. The molecule has 0 saturated carbocycles. The second-order valence-electron chi connectivity index (χ2n) is 7.97. The predicted octanol–water partition coefficient (Wildman–Crippen LogP) is 2.55. The smallest absolute Gasteiger partial charge is 0.243 e. The van der Waals surface area contributed by atoms with Crippen LogP contribution in [0.1, 0.15) is 25.6 Å². The Hall–Kier alpha value is -4.07. The van der Waals surface area contributed by atoms with Gasteiger partial charge in [0.25, 0.3) is 0 Å². The van der Waals surface area contributed by atoms with E-state index in [1.807, 2.05) is 0 Å². The number of sulfonamides is 1. The van der Waals surface area contributed by atoms with Gasteiger partial charge in [-0.05, 0) is 25.1 Å². The van der Waals surface area contributed by atoms with E-state index in [4.69, 9.17) is 9.47 Å². The SMILES string of the molecule is COc1cccc(OC)c1-n1c(NS(=O)(=O)[C@H](C)[C@@H](C)c2ncc(F)cn2)nnc1-c1ccn(C)n1. The van der Waals surface area contributed by atoms with Crippen molar-refractivity contribution in [3.63, 3.8) is 0 Å². The standard InChI is InChI=1S/C22H25FN8O4S/c1-13(20-24-11-15(23)12-25-20)14(2)36(32,33)29-22-27-26-21(16-9-10-30(3)28-16)31(22)19-17(34-4)7-6-8-18(19)35-5/h6-14H,1-5H3,(H,27,29)/t13-,14-/m1/s1. The van der Waals surface area contributed by atoms with E-state index in [0.717, 1.165) is 12.4 Å². The lowest BCUT2D eigenvalue weighted by atomic mass is 10.1. The molecule has 0 amide bonds. The van der Waals surface area contributed by atoms with Crippen LogP contribution in [0.15, 0.2) is 42.9 Å². The zero-order valence-electron chi connectivity index (χ0n) is 20.2. The summed E-state index contributed by atoms with van der Waals surface area (Å²) in [5.74, 6) is -0.121. The highest BCUT2D eigenvalue weighted by Gasteiger charge is 2.32. The predicted molar refractivity (Wildman–Crippen MR) is 129 cm³/mol. The molecule has 4 rings (SSSR count). The van der Waals surface area contributed by atoms with Gasteiger partial charge in [0, 0.05) is 19.2 Å². The number of aryl methyl sites for hydroxylation is 1. The Kier molecular flexibility index (Phi) is 6.88. The molecule has 14 heteroatoms. The largest absolute Gasteiger partial charge is 0.494 e. The molecule has 3 aromatic heterocycles. The van der Waals surface area contributed by atoms with Crippen LogP contribution in [-0.2, 0) is 17.1 Å². The van der Waals surface area contributed by atoms with Crippen molar-refractivity contribution in [2.75, 3.05) is 18.9 Å². The van der Waals surface area contributed by atoms with Gasteiger partial charge in [0.05, 0.1) is 31.9 Å². The zero-order valence-corrected chi connectivity index (χ0v) is 21.1. The average molecular weight is 517 g/mol. The van der Waals surface area contributed by atoms with Gasteiger partial charge in [0.1, 0.15) is 28.7 Å². The first kappa shape index (κ1) is 25.0. The number of rotatable bonds is 9. The molecular formula is C22H25FN8O4S. The molecule has 0 spiro atoms. The summed E-state index contributed by atoms with van der Waals surface area (Å²) in [6.45, 7) is 3.15. The van der Waals surface area contributed by atoms with Gasteiger partial charge in [-0.15, -0.1) is 10.2 Å². The van der Waals surface area contributed by atoms with Crippen molar-refractivity contribution in [3.8, 4) is 28.7 Å². The maximum absolute atomic E-state index is 13.4. The summed E-state index contributed by atoms with van der Waals surface area (Å²) in [5.41, 5.74) is 0.831. The summed E-state index contributed by atoms with van der Waals surface area (Å²) in [6, 6.07) is 6.86. The third-order valence-corrected chi connectivity index (χ3v) is 7.56. The highest BCUT2D eigenvalue weighted by molar-refractivity contribution is 7.93. The van der Waals surface area contributed by atoms with Crippen LogP contribution in [0.5, 0.6) is 11.5 Å². The summed E-state index contributed by atoms with van der Waals surface area (Å²) in [5, 5.41) is 11.7. The van der Waals surface area contributed by atoms with E-state index in [-0.39, 0.29) is 17.6 Å². The van der Waals surface area contributed by atoms with E-state index in [9.17, 15) is 12.8 Å². The number of para-hydroxylation sites is 1. The van der Waals surface area contributed by atoms with E-state index in [2.05, 4.69) is 30.0 Å². The Labute approximate surface area is 207 Å².